The summed E-state index contributed by atoms with van der Waals surface area (Å²) < 4.78 is 14.0. The lowest BCUT2D eigenvalue weighted by molar-refractivity contribution is -0.385. The van der Waals surface area contributed by atoms with E-state index in [2.05, 4.69) is 4.90 Å². The SMILES string of the molecule is Cl.NC1CCCC2CN(Cc3ccc([N+](=O)[O-])cc3F)CC12. The van der Waals surface area contributed by atoms with Crippen LogP contribution in [0.15, 0.2) is 18.2 Å². The third-order valence-corrected chi connectivity index (χ3v) is 4.87. The van der Waals surface area contributed by atoms with Gasteiger partial charge in [-0.2, -0.15) is 0 Å². The Bertz CT molecular complexity index is 558. The first kappa shape index (κ1) is 17.1. The molecule has 3 atom stereocenters. The van der Waals surface area contributed by atoms with Gasteiger partial charge >= 0.3 is 0 Å². The number of nitro benzene ring substituents is 1. The molecule has 0 bridgehead atoms. The van der Waals surface area contributed by atoms with Crippen molar-refractivity contribution < 1.29 is 9.31 Å². The number of nitrogens with zero attached hydrogens (tertiary/aromatic N) is 2. The molecule has 22 heavy (non-hydrogen) atoms. The van der Waals surface area contributed by atoms with Gasteiger partial charge in [-0.25, -0.2) is 4.39 Å². The summed E-state index contributed by atoms with van der Waals surface area (Å²) in [7, 11) is 0. The third kappa shape index (κ3) is 3.39. The van der Waals surface area contributed by atoms with Crippen LogP contribution in [-0.2, 0) is 6.54 Å². The summed E-state index contributed by atoms with van der Waals surface area (Å²) >= 11 is 0. The second kappa shape index (κ2) is 6.89. The number of rotatable bonds is 3. The van der Waals surface area contributed by atoms with Crippen molar-refractivity contribution in [2.24, 2.45) is 17.6 Å². The first-order chi connectivity index (χ1) is 10.0. The summed E-state index contributed by atoms with van der Waals surface area (Å²) in [5.74, 6) is 0.637. The predicted molar refractivity (Wildman–Crippen MR) is 84.4 cm³/mol. The molecule has 1 saturated carbocycles. The molecule has 122 valence electrons. The van der Waals surface area contributed by atoms with Gasteiger partial charge in [0.1, 0.15) is 5.82 Å². The van der Waals surface area contributed by atoms with E-state index in [1.54, 1.807) is 0 Å². The molecule has 1 heterocycles. The zero-order chi connectivity index (χ0) is 15.0. The quantitative estimate of drug-likeness (QED) is 0.683. The van der Waals surface area contributed by atoms with Crippen molar-refractivity contribution >= 4 is 18.1 Å². The fraction of sp³-hybridized carbons (Fsp3) is 0.600. The number of halogens is 2. The molecule has 3 unspecified atom stereocenters. The van der Waals surface area contributed by atoms with Gasteiger partial charge in [0.15, 0.2) is 0 Å². The molecule has 1 aromatic carbocycles. The second-order valence-electron chi connectivity index (χ2n) is 6.25. The maximum atomic E-state index is 14.0. The maximum Gasteiger partial charge on any atom is 0.272 e. The van der Waals surface area contributed by atoms with E-state index >= 15 is 0 Å². The number of nitro groups is 1. The van der Waals surface area contributed by atoms with Crippen LogP contribution in [0.4, 0.5) is 10.1 Å². The van der Waals surface area contributed by atoms with Gasteiger partial charge in [-0.05, 0) is 30.7 Å². The summed E-state index contributed by atoms with van der Waals surface area (Å²) in [5.41, 5.74) is 6.50. The highest BCUT2D eigenvalue weighted by Crippen LogP contribution is 2.36. The van der Waals surface area contributed by atoms with Crippen molar-refractivity contribution in [2.45, 2.75) is 31.8 Å². The number of fused-ring (bicyclic) bond motifs is 1. The molecular weight excluding hydrogens is 309 g/mol. The Balaban J connectivity index is 0.00000176. The highest BCUT2D eigenvalue weighted by atomic mass is 35.5. The molecule has 0 radical (unpaired) electrons. The molecule has 2 fully saturated rings. The highest BCUT2D eigenvalue weighted by Gasteiger charge is 2.38. The van der Waals surface area contributed by atoms with Crippen LogP contribution in [0.5, 0.6) is 0 Å². The standard InChI is InChI=1S/C15H20FN3O2.ClH/c16-14-6-12(19(20)21)5-4-11(14)8-18-7-10-2-1-3-15(17)13(10)9-18;/h4-6,10,13,15H,1-3,7-9,17H2;1H. The molecule has 2 N–H and O–H groups in total. The van der Waals surface area contributed by atoms with Crippen LogP contribution in [-0.4, -0.2) is 29.0 Å². The molecule has 0 aromatic heterocycles. The van der Waals surface area contributed by atoms with Crippen molar-refractivity contribution in [2.75, 3.05) is 13.1 Å². The molecule has 5 nitrogen and oxygen atoms in total. The zero-order valence-electron chi connectivity index (χ0n) is 12.3. The Kier molecular flexibility index (Phi) is 5.36. The van der Waals surface area contributed by atoms with Gasteiger partial charge in [-0.3, -0.25) is 15.0 Å². The van der Waals surface area contributed by atoms with Gasteiger partial charge in [0.25, 0.3) is 5.69 Å². The summed E-state index contributed by atoms with van der Waals surface area (Å²) in [6.45, 7) is 2.36. The minimum Gasteiger partial charge on any atom is -0.327 e. The van der Waals surface area contributed by atoms with E-state index in [1.165, 1.54) is 25.0 Å². The van der Waals surface area contributed by atoms with Gasteiger partial charge in [0, 0.05) is 37.3 Å². The molecule has 3 rings (SSSR count). The largest absolute Gasteiger partial charge is 0.327 e. The van der Waals surface area contributed by atoms with Crippen LogP contribution >= 0.6 is 12.4 Å². The van der Waals surface area contributed by atoms with Crippen LogP contribution in [0.2, 0.25) is 0 Å². The predicted octanol–water partition coefficient (Wildman–Crippen LogP) is 2.71. The van der Waals surface area contributed by atoms with E-state index in [0.717, 1.165) is 25.6 Å². The van der Waals surface area contributed by atoms with Gasteiger partial charge in [0.2, 0.25) is 0 Å². The summed E-state index contributed by atoms with van der Waals surface area (Å²) in [6, 6.07) is 4.16. The monoisotopic (exact) mass is 329 g/mol. The van der Waals surface area contributed by atoms with Gasteiger partial charge in [-0.15, -0.1) is 12.4 Å². The number of likely N-dealkylation sites (tertiary alicyclic amines) is 1. The van der Waals surface area contributed by atoms with Gasteiger partial charge in [-0.1, -0.05) is 6.42 Å². The van der Waals surface area contributed by atoms with E-state index in [0.29, 0.717) is 23.9 Å². The fourth-order valence-electron chi connectivity index (χ4n) is 3.76. The van der Waals surface area contributed by atoms with E-state index in [9.17, 15) is 14.5 Å². The van der Waals surface area contributed by atoms with Crippen molar-refractivity contribution in [3.8, 4) is 0 Å². The van der Waals surface area contributed by atoms with Gasteiger partial charge in [0.05, 0.1) is 11.0 Å². The first-order valence-electron chi connectivity index (χ1n) is 7.45. The topological polar surface area (TPSA) is 72.4 Å². The van der Waals surface area contributed by atoms with E-state index in [1.807, 2.05) is 0 Å². The molecule has 1 aliphatic heterocycles. The van der Waals surface area contributed by atoms with Crippen LogP contribution in [0.1, 0.15) is 24.8 Å². The molecule has 0 amide bonds. The normalized spacial score (nSPS) is 28.0. The van der Waals surface area contributed by atoms with E-state index in [4.69, 9.17) is 5.73 Å². The Morgan fingerprint density at radius 2 is 2.14 bits per heavy atom. The molecule has 1 saturated heterocycles. The van der Waals surface area contributed by atoms with Crippen molar-refractivity contribution in [3.05, 3.63) is 39.7 Å². The lowest BCUT2D eigenvalue weighted by atomic mass is 9.78. The molecule has 1 aromatic rings. The maximum absolute atomic E-state index is 14.0. The highest BCUT2D eigenvalue weighted by molar-refractivity contribution is 5.85. The summed E-state index contributed by atoms with van der Waals surface area (Å²) in [6.07, 6.45) is 3.47. The number of non-ortho nitro benzene ring substituents is 1. The average Bonchev–Trinajstić information content (AvgIpc) is 2.85. The Morgan fingerprint density at radius 1 is 1.36 bits per heavy atom. The lowest BCUT2D eigenvalue weighted by Gasteiger charge is -2.29. The Hall–Kier alpha value is -1.24. The number of benzene rings is 1. The summed E-state index contributed by atoms with van der Waals surface area (Å²) in [5, 5.41) is 10.6. The first-order valence-corrected chi connectivity index (χ1v) is 7.45. The minimum absolute atomic E-state index is 0. The minimum atomic E-state index is -0.573. The smallest absolute Gasteiger partial charge is 0.272 e. The lowest BCUT2D eigenvalue weighted by Crippen LogP contribution is -2.38. The summed E-state index contributed by atoms with van der Waals surface area (Å²) in [4.78, 5) is 12.3. The van der Waals surface area contributed by atoms with E-state index < -0.39 is 10.7 Å². The Morgan fingerprint density at radius 3 is 2.77 bits per heavy atom. The average molecular weight is 330 g/mol. The fourth-order valence-corrected chi connectivity index (χ4v) is 3.76. The Labute approximate surface area is 135 Å². The second-order valence-corrected chi connectivity index (χ2v) is 6.25. The van der Waals surface area contributed by atoms with Crippen molar-refractivity contribution in [1.82, 2.24) is 4.90 Å². The number of nitrogens with two attached hydrogens (primary N) is 1. The van der Waals surface area contributed by atoms with E-state index in [-0.39, 0.29) is 24.1 Å². The molecule has 1 aliphatic carbocycles. The zero-order valence-corrected chi connectivity index (χ0v) is 13.1. The third-order valence-electron chi connectivity index (χ3n) is 4.87. The number of hydrogen-bond donors (Lipinski definition) is 1. The van der Waals surface area contributed by atoms with Crippen molar-refractivity contribution in [3.63, 3.8) is 0 Å². The van der Waals surface area contributed by atoms with Crippen LogP contribution < -0.4 is 5.73 Å². The number of hydrogen-bond acceptors (Lipinski definition) is 4. The molecule has 7 heteroatoms. The molecule has 2 aliphatic rings. The van der Waals surface area contributed by atoms with Crippen LogP contribution in [0.25, 0.3) is 0 Å². The van der Waals surface area contributed by atoms with Crippen LogP contribution in [0.3, 0.4) is 0 Å². The van der Waals surface area contributed by atoms with Crippen LogP contribution in [0, 0.1) is 27.8 Å². The molecular formula is C15H21ClFN3O2. The van der Waals surface area contributed by atoms with Crippen molar-refractivity contribution in [1.29, 1.82) is 0 Å². The van der Waals surface area contributed by atoms with Gasteiger partial charge < -0.3 is 5.73 Å². The molecule has 0 spiro atoms.